The van der Waals surface area contributed by atoms with E-state index in [1.54, 1.807) is 0 Å². The third-order valence-corrected chi connectivity index (χ3v) is 3.58. The number of aliphatic imine (C=N–C) groups is 1. The van der Waals surface area contributed by atoms with Gasteiger partial charge >= 0.3 is 0 Å². The van der Waals surface area contributed by atoms with Crippen LogP contribution in [0.2, 0.25) is 0 Å². The highest BCUT2D eigenvalue weighted by atomic mass is 16.1. The van der Waals surface area contributed by atoms with Crippen LogP contribution in [-0.2, 0) is 4.79 Å². The molecule has 5 heteroatoms. The van der Waals surface area contributed by atoms with E-state index in [2.05, 4.69) is 41.6 Å². The maximum absolute atomic E-state index is 11.4. The third-order valence-electron chi connectivity index (χ3n) is 3.58. The van der Waals surface area contributed by atoms with Crippen LogP contribution in [-0.4, -0.2) is 25.0 Å². The highest BCUT2D eigenvalue weighted by Crippen LogP contribution is 2.20. The smallest absolute Gasteiger partial charge is 0.222 e. The molecule has 1 unspecified atom stereocenters. The first-order valence-corrected chi connectivity index (χ1v) is 7.88. The first-order chi connectivity index (χ1) is 10.4. The van der Waals surface area contributed by atoms with Gasteiger partial charge in [-0.2, -0.15) is 0 Å². The molecule has 1 atom stereocenters. The van der Waals surface area contributed by atoms with Gasteiger partial charge in [0.1, 0.15) is 0 Å². The lowest BCUT2D eigenvalue weighted by atomic mass is 9.99. The van der Waals surface area contributed by atoms with Crippen molar-refractivity contribution >= 4 is 17.6 Å². The second-order valence-corrected chi connectivity index (χ2v) is 5.77. The highest BCUT2D eigenvalue weighted by Gasteiger charge is 2.05. The molecule has 5 nitrogen and oxygen atoms in total. The Bertz CT molecular complexity index is 494. The zero-order valence-electron chi connectivity index (χ0n) is 14.0. The molecule has 0 aliphatic rings. The summed E-state index contributed by atoms with van der Waals surface area (Å²) in [5, 5.41) is 5.85. The van der Waals surface area contributed by atoms with Crippen LogP contribution >= 0.6 is 0 Å². The molecular weight excluding hydrogens is 276 g/mol. The lowest BCUT2D eigenvalue weighted by Crippen LogP contribution is -2.31. The van der Waals surface area contributed by atoms with Crippen molar-refractivity contribution in [3.8, 4) is 0 Å². The summed E-state index contributed by atoms with van der Waals surface area (Å²) < 4.78 is 0. The van der Waals surface area contributed by atoms with Gasteiger partial charge in [0.05, 0.1) is 6.54 Å². The monoisotopic (exact) mass is 304 g/mol. The van der Waals surface area contributed by atoms with E-state index >= 15 is 0 Å². The van der Waals surface area contributed by atoms with Crippen LogP contribution in [0.4, 0.5) is 5.69 Å². The quantitative estimate of drug-likeness (QED) is 0.411. The third kappa shape index (κ3) is 6.16. The van der Waals surface area contributed by atoms with Gasteiger partial charge in [-0.25, -0.2) is 0 Å². The predicted octanol–water partition coefficient (Wildman–Crippen LogP) is 2.70. The van der Waals surface area contributed by atoms with Crippen molar-refractivity contribution in [2.45, 2.75) is 40.0 Å². The van der Waals surface area contributed by atoms with Gasteiger partial charge in [0.25, 0.3) is 0 Å². The van der Waals surface area contributed by atoms with Crippen molar-refractivity contribution in [1.82, 2.24) is 5.32 Å². The Hall–Kier alpha value is -2.04. The second-order valence-electron chi connectivity index (χ2n) is 5.77. The number of guanidine groups is 1. The summed E-state index contributed by atoms with van der Waals surface area (Å²) >= 11 is 0. The summed E-state index contributed by atoms with van der Waals surface area (Å²) in [4.78, 5) is 15.6. The fourth-order valence-corrected chi connectivity index (χ4v) is 1.88. The molecule has 0 heterocycles. The van der Waals surface area contributed by atoms with E-state index in [-0.39, 0.29) is 11.8 Å². The lowest BCUT2D eigenvalue weighted by Gasteiger charge is -2.11. The molecule has 1 rings (SSSR count). The van der Waals surface area contributed by atoms with Gasteiger partial charge in [0, 0.05) is 18.2 Å². The topological polar surface area (TPSA) is 79.5 Å². The minimum atomic E-state index is -0.0107. The second kappa shape index (κ2) is 9.07. The number of rotatable bonds is 7. The van der Waals surface area contributed by atoms with Gasteiger partial charge in [-0.15, -0.1) is 0 Å². The molecule has 1 aromatic carbocycles. The number of nitrogens with two attached hydrogens (primary N) is 1. The number of carbonyl (C=O) groups excluding carboxylic acids is 1. The van der Waals surface area contributed by atoms with E-state index in [0.29, 0.717) is 25.0 Å². The van der Waals surface area contributed by atoms with Crippen molar-refractivity contribution in [3.63, 3.8) is 0 Å². The molecule has 4 N–H and O–H groups in total. The van der Waals surface area contributed by atoms with Crippen molar-refractivity contribution in [1.29, 1.82) is 0 Å². The fourth-order valence-electron chi connectivity index (χ4n) is 1.88. The van der Waals surface area contributed by atoms with Crippen molar-refractivity contribution in [3.05, 3.63) is 29.8 Å². The predicted molar refractivity (Wildman–Crippen MR) is 93.1 cm³/mol. The van der Waals surface area contributed by atoms with Crippen molar-refractivity contribution in [2.24, 2.45) is 16.6 Å². The molecule has 0 saturated heterocycles. The Kier molecular flexibility index (Phi) is 7.43. The number of nitrogens with one attached hydrogen (secondary N) is 2. The van der Waals surface area contributed by atoms with Gasteiger partial charge in [-0.05, 0) is 30.0 Å². The SMILES string of the molecule is CCC(C)c1ccc(NC(N)=NCCNC(=O)C(C)C)cc1. The molecule has 22 heavy (non-hydrogen) atoms. The molecule has 0 saturated carbocycles. The largest absolute Gasteiger partial charge is 0.370 e. The summed E-state index contributed by atoms with van der Waals surface area (Å²) in [7, 11) is 0. The molecule has 0 radical (unpaired) electrons. The molecule has 0 fully saturated rings. The van der Waals surface area contributed by atoms with Crippen LogP contribution < -0.4 is 16.4 Å². The molecule has 1 aromatic rings. The summed E-state index contributed by atoms with van der Waals surface area (Å²) in [5.41, 5.74) is 8.07. The Morgan fingerprint density at radius 2 is 1.86 bits per heavy atom. The zero-order valence-corrected chi connectivity index (χ0v) is 14.0. The maximum atomic E-state index is 11.4. The first kappa shape index (κ1) is 18.0. The minimum Gasteiger partial charge on any atom is -0.370 e. The van der Waals surface area contributed by atoms with Crippen LogP contribution in [0.3, 0.4) is 0 Å². The van der Waals surface area contributed by atoms with E-state index in [4.69, 9.17) is 5.73 Å². The van der Waals surface area contributed by atoms with Crippen molar-refractivity contribution in [2.75, 3.05) is 18.4 Å². The molecule has 0 spiro atoms. The number of benzene rings is 1. The number of hydrogen-bond donors (Lipinski definition) is 3. The number of amides is 1. The summed E-state index contributed by atoms with van der Waals surface area (Å²) in [6, 6.07) is 8.22. The standard InChI is InChI=1S/C17H28N4O/c1-5-13(4)14-6-8-15(9-7-14)21-17(18)20-11-10-19-16(22)12(2)3/h6-9,12-13H,5,10-11H2,1-4H3,(H,19,22)(H3,18,20,21). The van der Waals surface area contributed by atoms with Gasteiger partial charge in [0.15, 0.2) is 5.96 Å². The van der Waals surface area contributed by atoms with E-state index in [9.17, 15) is 4.79 Å². The van der Waals surface area contributed by atoms with Gasteiger partial charge in [-0.1, -0.05) is 39.8 Å². The molecule has 0 bridgehead atoms. The molecule has 122 valence electrons. The highest BCUT2D eigenvalue weighted by molar-refractivity contribution is 5.92. The maximum Gasteiger partial charge on any atom is 0.222 e. The van der Waals surface area contributed by atoms with E-state index in [1.807, 2.05) is 26.0 Å². The van der Waals surface area contributed by atoms with Crippen LogP contribution in [0.25, 0.3) is 0 Å². The number of hydrogen-bond acceptors (Lipinski definition) is 2. The minimum absolute atomic E-state index is 0.0107. The van der Waals surface area contributed by atoms with E-state index < -0.39 is 0 Å². The summed E-state index contributed by atoms with van der Waals surface area (Å²) in [5.74, 6) is 0.936. The summed E-state index contributed by atoms with van der Waals surface area (Å²) in [6.07, 6.45) is 1.12. The van der Waals surface area contributed by atoms with Gasteiger partial charge < -0.3 is 16.4 Å². The molecule has 0 aliphatic carbocycles. The Morgan fingerprint density at radius 1 is 1.23 bits per heavy atom. The molecule has 1 amide bonds. The Labute approximate surface area is 133 Å². The number of carbonyl (C=O) groups is 1. The van der Waals surface area contributed by atoms with Crippen LogP contribution in [0.15, 0.2) is 29.3 Å². The summed E-state index contributed by atoms with van der Waals surface area (Å²) in [6.45, 7) is 9.06. The number of anilines is 1. The molecular formula is C17H28N4O. The average molecular weight is 304 g/mol. The van der Waals surface area contributed by atoms with Crippen LogP contribution in [0.5, 0.6) is 0 Å². The van der Waals surface area contributed by atoms with E-state index in [1.165, 1.54) is 5.56 Å². The average Bonchev–Trinajstić information content (AvgIpc) is 2.51. The Morgan fingerprint density at radius 3 is 2.41 bits per heavy atom. The van der Waals surface area contributed by atoms with Crippen LogP contribution in [0, 0.1) is 5.92 Å². The van der Waals surface area contributed by atoms with Gasteiger partial charge in [0.2, 0.25) is 5.91 Å². The van der Waals surface area contributed by atoms with Gasteiger partial charge in [-0.3, -0.25) is 9.79 Å². The normalized spacial score (nSPS) is 13.0. The van der Waals surface area contributed by atoms with Crippen LogP contribution in [0.1, 0.15) is 45.6 Å². The van der Waals surface area contributed by atoms with Crippen molar-refractivity contribution < 1.29 is 4.79 Å². The molecule has 0 aliphatic heterocycles. The fraction of sp³-hybridized carbons (Fsp3) is 0.529. The zero-order chi connectivity index (χ0) is 16.5. The molecule has 0 aromatic heterocycles. The Balaban J connectivity index is 2.42. The lowest BCUT2D eigenvalue weighted by molar-refractivity contribution is -0.123. The first-order valence-electron chi connectivity index (χ1n) is 7.88. The number of nitrogens with zero attached hydrogens (tertiary/aromatic N) is 1. The van der Waals surface area contributed by atoms with E-state index in [0.717, 1.165) is 12.1 Å².